The minimum absolute atomic E-state index is 0.502. The monoisotopic (exact) mass is 569 g/mol. The van der Waals surface area contributed by atoms with Crippen LogP contribution in [0.1, 0.15) is 77.0 Å². The second-order valence-corrected chi connectivity index (χ2v) is 11.5. The van der Waals surface area contributed by atoms with Gasteiger partial charge in [0.15, 0.2) is 0 Å². The van der Waals surface area contributed by atoms with Crippen molar-refractivity contribution in [2.75, 3.05) is 0 Å². The molecule has 0 radical (unpaired) electrons. The molecule has 1 aliphatic heterocycles. The summed E-state index contributed by atoms with van der Waals surface area (Å²) in [6.45, 7) is 2.60. The normalized spacial score (nSPS) is 53.9. The Morgan fingerprint density at radius 3 is 1.11 bits per heavy atom. The Morgan fingerprint density at radius 1 is 0.593 bits per heavy atom. The van der Waals surface area contributed by atoms with Crippen LogP contribution in [0, 0.1) is 42.2 Å². The van der Waals surface area contributed by atoms with E-state index in [1.807, 2.05) is 0 Å². The van der Waals surface area contributed by atoms with Crippen LogP contribution in [0.2, 0.25) is 0 Å². The van der Waals surface area contributed by atoms with Crippen molar-refractivity contribution in [2.45, 2.75) is 88.1 Å². The quantitative estimate of drug-likeness (QED) is 0.306. The Bertz CT molecular complexity index is 509. The zero-order chi connectivity index (χ0) is 18.2. The summed E-state index contributed by atoms with van der Waals surface area (Å²) in [5.41, 5.74) is 1.00. The van der Waals surface area contributed by atoms with E-state index in [0.29, 0.717) is 11.1 Å². The summed E-state index contributed by atoms with van der Waals surface area (Å²) in [5, 5.41) is 0. The molecule has 2 nitrogen and oxygen atoms in total. The third kappa shape index (κ3) is 2.76. The van der Waals surface area contributed by atoms with E-state index in [4.69, 9.17) is 0 Å². The molecule has 0 saturated heterocycles. The van der Waals surface area contributed by atoms with Gasteiger partial charge in [0.05, 0.1) is 0 Å². The Kier molecular flexibility index (Phi) is 4.33. The van der Waals surface area contributed by atoms with Crippen LogP contribution >= 0.6 is 9.19 Å². The number of hydrogen-bond acceptors (Lipinski definition) is 2. The van der Waals surface area contributed by atoms with E-state index in [1.165, 1.54) is 38.5 Å². The molecule has 0 atom stereocenters. The van der Waals surface area contributed by atoms with Crippen LogP contribution in [-0.2, 0) is 20.0 Å². The number of nitrogens with zero attached hydrogens (tertiary/aromatic N) is 2. The second-order valence-electron chi connectivity index (χ2n) is 11.5. The maximum absolute atomic E-state index is 4.58. The van der Waals surface area contributed by atoms with Crippen molar-refractivity contribution in [3.05, 3.63) is 19.1 Å². The summed E-state index contributed by atoms with van der Waals surface area (Å²) in [6, 6.07) is 0. The molecule has 0 aromatic rings. The predicted octanol–water partition coefficient (Wildman–Crippen LogP) is 5.82. The Morgan fingerprint density at radius 2 is 0.852 bits per heavy atom. The van der Waals surface area contributed by atoms with Gasteiger partial charge < -0.3 is 9.80 Å². The average molecular weight is 570 g/mol. The van der Waals surface area contributed by atoms with Crippen molar-refractivity contribution in [3.63, 3.8) is 0 Å². The summed E-state index contributed by atoms with van der Waals surface area (Å²) in [5.74, 6) is 6.26. The van der Waals surface area contributed by atoms with Crippen molar-refractivity contribution >= 4 is 9.19 Å². The van der Waals surface area contributed by atoms with Crippen molar-refractivity contribution in [1.29, 1.82) is 0 Å². The molecule has 8 saturated carbocycles. The first-order chi connectivity index (χ1) is 13.2. The van der Waals surface area contributed by atoms with E-state index in [1.54, 1.807) is 58.5 Å². The van der Waals surface area contributed by atoms with E-state index < -0.39 is 0 Å². The first-order valence-electron chi connectivity index (χ1n) is 11.4. The summed E-state index contributed by atoms with van der Waals surface area (Å²) >= 11 is 1.75. The van der Waals surface area contributed by atoms with E-state index >= 15 is 0 Å². The summed E-state index contributed by atoms with van der Waals surface area (Å²) in [4.78, 5) is 5.46. The topological polar surface area (TPSA) is 6.48 Å². The third-order valence-electron chi connectivity index (χ3n) is 9.74. The number of rotatable bonds is 2. The molecule has 0 amide bonds. The standard InChI is InChI=1S/C23H33N2.Au.ClH/c1-2-25(23-12-19-6-20(13-23)8-21(7-19)14-23)15-24(1)22-9-16-3-17(10-22)5-18(4-16)11-22;;/h1-2,15-21H,3-14H2;;1H/q-1;+1;/p-1. The van der Waals surface area contributed by atoms with Gasteiger partial charge in [-0.1, -0.05) is 0 Å². The van der Waals surface area contributed by atoms with Crippen LogP contribution in [0.5, 0.6) is 0 Å². The van der Waals surface area contributed by atoms with Crippen LogP contribution in [0.3, 0.4) is 0 Å². The van der Waals surface area contributed by atoms with Gasteiger partial charge >= 0.3 is 29.2 Å². The van der Waals surface area contributed by atoms with Crippen molar-refractivity contribution in [1.82, 2.24) is 9.80 Å². The van der Waals surface area contributed by atoms with E-state index in [0.717, 1.165) is 35.5 Å². The van der Waals surface area contributed by atoms with Gasteiger partial charge in [-0.25, -0.2) is 0 Å². The fraction of sp³-hybridized carbons (Fsp3) is 0.870. The number of halogens is 1. The zero-order valence-electron chi connectivity index (χ0n) is 16.3. The first-order valence-corrected chi connectivity index (χ1v) is 14.1. The average Bonchev–Trinajstić information content (AvgIpc) is 3.13. The second kappa shape index (κ2) is 6.43. The van der Waals surface area contributed by atoms with Gasteiger partial charge in [0.25, 0.3) is 0 Å². The van der Waals surface area contributed by atoms with Crippen molar-refractivity contribution < 1.29 is 20.0 Å². The van der Waals surface area contributed by atoms with E-state index in [2.05, 4.69) is 38.1 Å². The zero-order valence-corrected chi connectivity index (χ0v) is 19.2. The molecule has 4 heteroatoms. The van der Waals surface area contributed by atoms with Gasteiger partial charge in [-0.3, -0.25) is 0 Å². The first kappa shape index (κ1) is 18.2. The van der Waals surface area contributed by atoms with Crippen LogP contribution in [0.25, 0.3) is 0 Å². The van der Waals surface area contributed by atoms with Crippen molar-refractivity contribution in [3.8, 4) is 0 Å². The van der Waals surface area contributed by atoms with Crippen LogP contribution in [0.15, 0.2) is 12.4 Å². The molecule has 8 aliphatic carbocycles. The summed E-state index contributed by atoms with van der Waals surface area (Å²) in [7, 11) is 4.58. The predicted molar refractivity (Wildman–Crippen MR) is 105 cm³/mol. The molecule has 0 aromatic heterocycles. The maximum atomic E-state index is 4.58. The van der Waals surface area contributed by atoms with E-state index in [9.17, 15) is 0 Å². The Hall–Kier alpha value is 0.370. The Labute approximate surface area is 181 Å². The third-order valence-corrected chi connectivity index (χ3v) is 9.74. The summed E-state index contributed by atoms with van der Waals surface area (Å²) in [6.07, 6.45) is 23.2. The van der Waals surface area contributed by atoms with Gasteiger partial charge in [0, 0.05) is 11.1 Å². The minimum atomic E-state index is 0.502. The SMILES string of the molecule is C1=CN(C23CC4CC(CC(C4)C2)C3)[CH-]N1C12CC3CC(CC(C3)C1)C2.[Cl][Au]. The van der Waals surface area contributed by atoms with Crippen LogP contribution < -0.4 is 0 Å². The molecular weight excluding hydrogens is 537 g/mol. The van der Waals surface area contributed by atoms with Gasteiger partial charge in [0.1, 0.15) is 0 Å². The molecule has 0 N–H and O–H groups in total. The van der Waals surface area contributed by atoms with Crippen molar-refractivity contribution in [2.24, 2.45) is 35.5 Å². The fourth-order valence-corrected chi connectivity index (χ4v) is 9.68. The van der Waals surface area contributed by atoms with Gasteiger partial charge in [0.2, 0.25) is 0 Å². The molecular formula is C23H33AuClN2-. The molecule has 8 bridgehead atoms. The number of hydrogen-bond donors (Lipinski definition) is 0. The van der Waals surface area contributed by atoms with E-state index in [-0.39, 0.29) is 0 Å². The molecule has 1 heterocycles. The molecule has 27 heavy (non-hydrogen) atoms. The molecule has 8 fully saturated rings. The fourth-order valence-electron chi connectivity index (χ4n) is 9.68. The van der Waals surface area contributed by atoms with Crippen LogP contribution in [0.4, 0.5) is 0 Å². The van der Waals surface area contributed by atoms with Gasteiger partial charge in [-0.15, -0.1) is 0 Å². The van der Waals surface area contributed by atoms with Gasteiger partial charge in [-0.05, 0) is 125 Å². The molecule has 0 spiro atoms. The molecule has 9 aliphatic rings. The molecule has 0 unspecified atom stereocenters. The summed E-state index contributed by atoms with van der Waals surface area (Å²) < 4.78 is 0. The molecule has 9 rings (SSSR count). The molecule has 0 aromatic carbocycles. The molecule has 154 valence electrons. The van der Waals surface area contributed by atoms with Crippen LogP contribution in [-0.4, -0.2) is 20.9 Å². The van der Waals surface area contributed by atoms with Gasteiger partial charge in [-0.2, -0.15) is 6.67 Å². The Balaban J connectivity index is 0.000000710.